The Balaban J connectivity index is 1.76. The molecule has 2 aromatic rings. The highest BCUT2D eigenvalue weighted by molar-refractivity contribution is 9.10. The summed E-state index contributed by atoms with van der Waals surface area (Å²) in [6.07, 6.45) is 1.33. The number of halogens is 1. The highest BCUT2D eigenvalue weighted by Crippen LogP contribution is 2.31. The van der Waals surface area contributed by atoms with E-state index in [4.69, 9.17) is 4.74 Å². The minimum Gasteiger partial charge on any atom is -0.497 e. The first-order chi connectivity index (χ1) is 15.2. The third-order valence-electron chi connectivity index (χ3n) is 4.39. The number of rotatable bonds is 8. The minimum atomic E-state index is -4.04. The van der Waals surface area contributed by atoms with E-state index in [-0.39, 0.29) is 28.9 Å². The molecule has 32 heavy (non-hydrogen) atoms. The average Bonchev–Trinajstić information content (AvgIpc) is 3.03. The summed E-state index contributed by atoms with van der Waals surface area (Å²) in [5.74, 6) is -0.126. The molecule has 1 saturated heterocycles. The lowest BCUT2D eigenvalue weighted by Crippen LogP contribution is -2.33. The molecule has 0 unspecified atom stereocenters. The summed E-state index contributed by atoms with van der Waals surface area (Å²) < 4.78 is 35.1. The number of carbonyl (C=O) groups excluding carboxylic acids is 2. The summed E-state index contributed by atoms with van der Waals surface area (Å²) in [7, 11) is -2.49. The molecule has 1 N–H and O–H groups in total. The van der Waals surface area contributed by atoms with Gasteiger partial charge in [-0.1, -0.05) is 33.8 Å². The number of amides is 2. The smallest absolute Gasteiger partial charge is 0.284 e. The van der Waals surface area contributed by atoms with Gasteiger partial charge in [-0.3, -0.25) is 14.5 Å². The van der Waals surface area contributed by atoms with Crippen LogP contribution >= 0.6 is 27.7 Å². The maximum atomic E-state index is 12.8. The molecule has 0 aliphatic carbocycles. The number of nitrogens with zero attached hydrogens (tertiary/aromatic N) is 2. The van der Waals surface area contributed by atoms with Crippen molar-refractivity contribution in [2.45, 2.75) is 16.6 Å². The maximum Gasteiger partial charge on any atom is 0.284 e. The second kappa shape index (κ2) is 10.3. The second-order valence-corrected chi connectivity index (χ2v) is 10.3. The Morgan fingerprint density at radius 3 is 2.50 bits per heavy atom. The Hall–Kier alpha value is -2.63. The molecule has 1 aliphatic heterocycles. The largest absolute Gasteiger partial charge is 0.497 e. The Morgan fingerprint density at radius 1 is 1.25 bits per heavy atom. The molecule has 0 saturated carbocycles. The molecule has 11 heteroatoms. The van der Waals surface area contributed by atoms with Crippen LogP contribution < -0.4 is 10.1 Å². The number of nitrogens with one attached hydrogen (secondary N) is 1. The Kier molecular flexibility index (Phi) is 7.75. The van der Waals surface area contributed by atoms with Gasteiger partial charge in [0, 0.05) is 23.1 Å². The molecule has 8 nitrogen and oxygen atoms in total. The Labute approximate surface area is 198 Å². The lowest BCUT2D eigenvalue weighted by atomic mass is 10.2. The predicted molar refractivity (Wildman–Crippen MR) is 128 cm³/mol. The standard InChI is InChI=1S/C21H20BrN3O5S2/c1-3-12-25-20(27)18(13-19(26)23-15-6-8-16(30-2)9-7-15)31-21(25)24-32(28,29)17-10-4-14(22)5-11-17/h3-11,18H,1,12-13H2,2H3,(H,23,26)/t18-/m1/s1. The van der Waals surface area contributed by atoms with Crippen molar-refractivity contribution >= 4 is 60.4 Å². The van der Waals surface area contributed by atoms with E-state index in [0.29, 0.717) is 11.4 Å². The third-order valence-corrected chi connectivity index (χ3v) is 7.49. The number of methoxy groups -OCH3 is 1. The number of ether oxygens (including phenoxy) is 1. The van der Waals surface area contributed by atoms with Crippen molar-refractivity contribution in [1.82, 2.24) is 4.90 Å². The van der Waals surface area contributed by atoms with E-state index >= 15 is 0 Å². The molecular formula is C21H20BrN3O5S2. The van der Waals surface area contributed by atoms with Crippen LogP contribution in [0.15, 0.2) is 75.0 Å². The topological polar surface area (TPSA) is 105 Å². The summed E-state index contributed by atoms with van der Waals surface area (Å²) in [4.78, 5) is 26.5. The molecule has 0 bridgehead atoms. The lowest BCUT2D eigenvalue weighted by molar-refractivity contribution is -0.127. The fourth-order valence-corrected chi connectivity index (χ4v) is 5.45. The van der Waals surface area contributed by atoms with Crippen LogP contribution in [-0.4, -0.2) is 49.2 Å². The average molecular weight is 538 g/mol. The van der Waals surface area contributed by atoms with Crippen molar-refractivity contribution in [3.63, 3.8) is 0 Å². The van der Waals surface area contributed by atoms with Gasteiger partial charge in [0.05, 0.1) is 12.0 Å². The molecule has 3 rings (SSSR count). The van der Waals surface area contributed by atoms with Crippen LogP contribution in [0.1, 0.15) is 6.42 Å². The lowest BCUT2D eigenvalue weighted by Gasteiger charge is -2.13. The number of thioether (sulfide) groups is 1. The van der Waals surface area contributed by atoms with Crippen molar-refractivity contribution in [2.75, 3.05) is 19.0 Å². The van der Waals surface area contributed by atoms with Gasteiger partial charge < -0.3 is 10.1 Å². The number of hydrogen-bond donors (Lipinski definition) is 1. The molecule has 1 atom stereocenters. The molecular weight excluding hydrogens is 518 g/mol. The number of hydrogen-bond acceptors (Lipinski definition) is 6. The van der Waals surface area contributed by atoms with Crippen LogP contribution in [0, 0.1) is 0 Å². The van der Waals surface area contributed by atoms with E-state index in [0.717, 1.165) is 16.2 Å². The first-order valence-corrected chi connectivity index (χ1v) is 12.5. The normalized spacial score (nSPS) is 17.4. The highest BCUT2D eigenvalue weighted by atomic mass is 79.9. The van der Waals surface area contributed by atoms with E-state index in [1.807, 2.05) is 0 Å². The van der Waals surface area contributed by atoms with Crippen molar-refractivity contribution in [2.24, 2.45) is 4.40 Å². The molecule has 1 heterocycles. The van der Waals surface area contributed by atoms with Gasteiger partial charge >= 0.3 is 0 Å². The molecule has 1 aliphatic rings. The molecule has 2 amide bonds. The van der Waals surface area contributed by atoms with Gasteiger partial charge in [-0.25, -0.2) is 0 Å². The number of amidine groups is 1. The number of anilines is 1. The van der Waals surface area contributed by atoms with Gasteiger partial charge in [0.15, 0.2) is 5.17 Å². The van der Waals surface area contributed by atoms with E-state index in [1.54, 1.807) is 43.5 Å². The first kappa shape index (κ1) is 24.0. The fourth-order valence-electron chi connectivity index (χ4n) is 2.82. The van der Waals surface area contributed by atoms with Gasteiger partial charge in [0.1, 0.15) is 11.0 Å². The zero-order valence-corrected chi connectivity index (χ0v) is 20.2. The van der Waals surface area contributed by atoms with Crippen molar-refractivity contribution in [1.29, 1.82) is 0 Å². The Bertz CT molecular complexity index is 1150. The summed E-state index contributed by atoms with van der Waals surface area (Å²) in [6, 6.07) is 12.8. The molecule has 0 spiro atoms. The summed E-state index contributed by atoms with van der Waals surface area (Å²) in [6.45, 7) is 3.69. The zero-order valence-electron chi connectivity index (χ0n) is 17.0. The third kappa shape index (κ3) is 5.78. The van der Waals surface area contributed by atoms with Crippen LogP contribution in [-0.2, 0) is 19.6 Å². The van der Waals surface area contributed by atoms with Crippen LogP contribution in [0.4, 0.5) is 5.69 Å². The van der Waals surface area contributed by atoms with E-state index in [2.05, 4.69) is 32.2 Å². The number of carbonyl (C=O) groups is 2. The van der Waals surface area contributed by atoms with Crippen LogP contribution in [0.5, 0.6) is 5.75 Å². The number of sulfonamides is 1. The molecule has 0 aromatic heterocycles. The van der Waals surface area contributed by atoms with E-state index in [9.17, 15) is 18.0 Å². The summed E-state index contributed by atoms with van der Waals surface area (Å²) in [5, 5.41) is 1.94. The van der Waals surface area contributed by atoms with Crippen LogP contribution in [0.25, 0.3) is 0 Å². The van der Waals surface area contributed by atoms with Crippen molar-refractivity contribution < 1.29 is 22.7 Å². The minimum absolute atomic E-state index is 0.000464. The van der Waals surface area contributed by atoms with Crippen LogP contribution in [0.3, 0.4) is 0 Å². The Morgan fingerprint density at radius 2 is 1.91 bits per heavy atom. The molecule has 0 radical (unpaired) electrons. The zero-order chi connectivity index (χ0) is 23.3. The highest BCUT2D eigenvalue weighted by Gasteiger charge is 2.39. The van der Waals surface area contributed by atoms with Crippen molar-refractivity contribution in [3.8, 4) is 5.75 Å². The van der Waals surface area contributed by atoms with Gasteiger partial charge in [-0.2, -0.15) is 8.42 Å². The predicted octanol–water partition coefficient (Wildman–Crippen LogP) is 3.66. The number of benzene rings is 2. The molecule has 168 valence electrons. The first-order valence-electron chi connectivity index (χ1n) is 9.37. The molecule has 1 fully saturated rings. The van der Waals surface area contributed by atoms with Crippen molar-refractivity contribution in [3.05, 3.63) is 65.7 Å². The van der Waals surface area contributed by atoms with Gasteiger partial charge in [0.2, 0.25) is 11.8 Å². The summed E-state index contributed by atoms with van der Waals surface area (Å²) in [5.41, 5.74) is 0.556. The second-order valence-electron chi connectivity index (χ2n) is 6.63. The maximum absolute atomic E-state index is 12.8. The SMILES string of the molecule is C=CCN1C(=O)[C@@H](CC(=O)Nc2ccc(OC)cc2)SC1=NS(=O)(=O)c1ccc(Br)cc1. The fraction of sp³-hybridized carbons (Fsp3) is 0.190. The van der Waals surface area contributed by atoms with Crippen LogP contribution in [0.2, 0.25) is 0 Å². The quantitative estimate of drug-likeness (QED) is 0.515. The van der Waals surface area contributed by atoms with Gasteiger partial charge in [-0.15, -0.1) is 11.0 Å². The monoisotopic (exact) mass is 537 g/mol. The van der Waals surface area contributed by atoms with E-state index < -0.39 is 21.2 Å². The summed E-state index contributed by atoms with van der Waals surface area (Å²) >= 11 is 4.20. The van der Waals surface area contributed by atoms with Gasteiger partial charge in [-0.05, 0) is 48.5 Å². The van der Waals surface area contributed by atoms with E-state index in [1.165, 1.54) is 23.1 Å². The van der Waals surface area contributed by atoms with Gasteiger partial charge in [0.25, 0.3) is 10.0 Å². The molecule has 2 aromatic carbocycles.